The van der Waals surface area contributed by atoms with Crippen molar-refractivity contribution in [3.63, 3.8) is 0 Å². The summed E-state index contributed by atoms with van der Waals surface area (Å²) in [7, 11) is 1.45. The van der Waals surface area contributed by atoms with Crippen molar-refractivity contribution in [1.82, 2.24) is 0 Å². The summed E-state index contributed by atoms with van der Waals surface area (Å²) in [6.45, 7) is 1.32. The smallest absolute Gasteiger partial charge is 0.230 e. The van der Waals surface area contributed by atoms with Gasteiger partial charge < -0.3 is 4.90 Å². The zero-order valence-electron chi connectivity index (χ0n) is 10.9. The number of nitrogens with zero attached hydrogens (tertiary/aromatic N) is 1. The van der Waals surface area contributed by atoms with Crippen LogP contribution >= 0.6 is 0 Å². The van der Waals surface area contributed by atoms with Crippen LogP contribution in [0, 0.1) is 24.5 Å². The Bertz CT molecular complexity index is 542. The van der Waals surface area contributed by atoms with E-state index in [1.54, 1.807) is 0 Å². The van der Waals surface area contributed by atoms with Crippen LogP contribution in [-0.2, 0) is 9.59 Å². The molecule has 0 spiro atoms. The summed E-state index contributed by atoms with van der Waals surface area (Å²) in [4.78, 5) is 24.5. The van der Waals surface area contributed by atoms with Crippen molar-refractivity contribution in [2.75, 3.05) is 11.9 Å². The van der Waals surface area contributed by atoms with Gasteiger partial charge in [-0.2, -0.15) is 0 Å². The second kappa shape index (κ2) is 5.07. The average molecular weight is 267 g/mol. The van der Waals surface area contributed by atoms with Crippen LogP contribution < -0.4 is 4.90 Å². The molecule has 0 unspecified atom stereocenters. The van der Waals surface area contributed by atoms with Crippen LogP contribution in [0.15, 0.2) is 12.1 Å². The van der Waals surface area contributed by atoms with Crippen molar-refractivity contribution in [2.24, 2.45) is 5.92 Å². The van der Waals surface area contributed by atoms with Crippen LogP contribution in [0.3, 0.4) is 0 Å². The Morgan fingerprint density at radius 3 is 2.63 bits per heavy atom. The lowest BCUT2D eigenvalue weighted by atomic mass is 10.1. The highest BCUT2D eigenvalue weighted by atomic mass is 19.1. The molecule has 1 aromatic carbocycles. The van der Waals surface area contributed by atoms with E-state index in [1.807, 2.05) is 0 Å². The van der Waals surface area contributed by atoms with Crippen LogP contribution in [0.4, 0.5) is 14.5 Å². The van der Waals surface area contributed by atoms with Gasteiger partial charge in [0.15, 0.2) is 5.82 Å². The van der Waals surface area contributed by atoms with Gasteiger partial charge in [-0.3, -0.25) is 9.59 Å². The number of carbonyl (C=O) groups excluding carboxylic acids is 2. The van der Waals surface area contributed by atoms with E-state index >= 15 is 0 Å². The van der Waals surface area contributed by atoms with Crippen molar-refractivity contribution < 1.29 is 18.4 Å². The first-order valence-corrected chi connectivity index (χ1v) is 6.15. The SMILES string of the molecule is Cc1c(F)ccc(N(C)C(=O)[C@@H]2CCC(=O)C2)c1F. The van der Waals surface area contributed by atoms with Crippen molar-refractivity contribution >= 4 is 17.4 Å². The fraction of sp³-hybridized carbons (Fsp3) is 0.429. The van der Waals surface area contributed by atoms with Gasteiger partial charge >= 0.3 is 0 Å². The minimum atomic E-state index is -0.736. The van der Waals surface area contributed by atoms with E-state index in [-0.39, 0.29) is 35.3 Å². The number of Topliss-reactive ketones (excluding diaryl/α,β-unsaturated/α-hetero) is 1. The molecule has 1 atom stereocenters. The molecule has 1 aliphatic carbocycles. The van der Waals surface area contributed by atoms with Gasteiger partial charge in [0.05, 0.1) is 5.69 Å². The number of hydrogen-bond donors (Lipinski definition) is 0. The third-order valence-corrected chi connectivity index (χ3v) is 3.59. The molecule has 19 heavy (non-hydrogen) atoms. The van der Waals surface area contributed by atoms with Gasteiger partial charge in [0.2, 0.25) is 5.91 Å². The third-order valence-electron chi connectivity index (χ3n) is 3.59. The molecular weight excluding hydrogens is 252 g/mol. The summed E-state index contributed by atoms with van der Waals surface area (Å²) >= 11 is 0. The number of amides is 1. The number of ketones is 1. The lowest BCUT2D eigenvalue weighted by Crippen LogP contribution is -2.32. The molecule has 0 N–H and O–H groups in total. The van der Waals surface area contributed by atoms with Crippen LogP contribution in [0.1, 0.15) is 24.8 Å². The van der Waals surface area contributed by atoms with E-state index < -0.39 is 11.6 Å². The Hall–Kier alpha value is -1.78. The summed E-state index contributed by atoms with van der Waals surface area (Å²) in [5, 5.41) is 0. The Morgan fingerprint density at radius 2 is 2.05 bits per heavy atom. The molecule has 5 heteroatoms. The van der Waals surface area contributed by atoms with Crippen molar-refractivity contribution in [1.29, 1.82) is 0 Å². The fourth-order valence-corrected chi connectivity index (χ4v) is 2.32. The summed E-state index contributed by atoms with van der Waals surface area (Å²) in [6, 6.07) is 2.38. The predicted molar refractivity (Wildman–Crippen MR) is 66.9 cm³/mol. The molecule has 3 nitrogen and oxygen atoms in total. The summed E-state index contributed by atoms with van der Waals surface area (Å²) < 4.78 is 27.1. The Balaban J connectivity index is 2.24. The maximum Gasteiger partial charge on any atom is 0.230 e. The quantitative estimate of drug-likeness (QED) is 0.826. The van der Waals surface area contributed by atoms with Crippen LogP contribution in [0.2, 0.25) is 0 Å². The predicted octanol–water partition coefficient (Wildman–Crippen LogP) is 2.61. The second-order valence-corrected chi connectivity index (χ2v) is 4.88. The molecule has 0 saturated heterocycles. The molecule has 1 aromatic rings. The van der Waals surface area contributed by atoms with Crippen LogP contribution in [-0.4, -0.2) is 18.7 Å². The van der Waals surface area contributed by atoms with Gasteiger partial charge in [0.1, 0.15) is 11.6 Å². The van der Waals surface area contributed by atoms with E-state index in [0.29, 0.717) is 12.8 Å². The zero-order valence-corrected chi connectivity index (χ0v) is 10.9. The Morgan fingerprint density at radius 1 is 1.37 bits per heavy atom. The number of carbonyl (C=O) groups is 2. The molecule has 2 rings (SSSR count). The normalized spacial score (nSPS) is 18.7. The first kappa shape index (κ1) is 13.6. The van der Waals surface area contributed by atoms with Crippen molar-refractivity contribution in [2.45, 2.75) is 26.2 Å². The fourth-order valence-electron chi connectivity index (χ4n) is 2.32. The minimum absolute atomic E-state index is 0.0447. The Labute approximate surface area is 110 Å². The average Bonchev–Trinajstić information content (AvgIpc) is 2.81. The second-order valence-electron chi connectivity index (χ2n) is 4.88. The largest absolute Gasteiger partial charge is 0.313 e. The zero-order chi connectivity index (χ0) is 14.2. The highest BCUT2D eigenvalue weighted by Crippen LogP contribution is 2.28. The maximum absolute atomic E-state index is 13.9. The van der Waals surface area contributed by atoms with E-state index in [4.69, 9.17) is 0 Å². The van der Waals surface area contributed by atoms with Crippen LogP contribution in [0.5, 0.6) is 0 Å². The molecule has 1 fully saturated rings. The molecule has 1 amide bonds. The molecule has 1 aliphatic rings. The monoisotopic (exact) mass is 267 g/mol. The number of halogens is 2. The van der Waals surface area contributed by atoms with Crippen molar-refractivity contribution in [3.8, 4) is 0 Å². The van der Waals surface area contributed by atoms with E-state index in [2.05, 4.69) is 0 Å². The molecule has 1 saturated carbocycles. The molecule has 102 valence electrons. The van der Waals surface area contributed by atoms with Gasteiger partial charge in [0, 0.05) is 31.4 Å². The van der Waals surface area contributed by atoms with Gasteiger partial charge in [-0.05, 0) is 25.5 Å². The molecular formula is C14H15F2NO2. The van der Waals surface area contributed by atoms with Gasteiger partial charge in [0.25, 0.3) is 0 Å². The number of hydrogen-bond acceptors (Lipinski definition) is 2. The minimum Gasteiger partial charge on any atom is -0.313 e. The number of rotatable bonds is 2. The maximum atomic E-state index is 13.9. The third kappa shape index (κ3) is 2.50. The highest BCUT2D eigenvalue weighted by molar-refractivity contribution is 5.98. The van der Waals surface area contributed by atoms with E-state index in [0.717, 1.165) is 6.07 Å². The molecule has 0 radical (unpaired) electrons. The number of anilines is 1. The molecule has 0 aromatic heterocycles. The lowest BCUT2D eigenvalue weighted by molar-refractivity contribution is -0.124. The highest BCUT2D eigenvalue weighted by Gasteiger charge is 2.31. The van der Waals surface area contributed by atoms with Gasteiger partial charge in [-0.15, -0.1) is 0 Å². The first-order valence-electron chi connectivity index (χ1n) is 6.15. The Kier molecular flexibility index (Phi) is 3.64. The van der Waals surface area contributed by atoms with Crippen LogP contribution in [0.25, 0.3) is 0 Å². The number of benzene rings is 1. The molecule has 0 bridgehead atoms. The summed E-state index contributed by atoms with van der Waals surface area (Å²) in [5.74, 6) is -2.00. The first-order chi connectivity index (χ1) is 8.91. The summed E-state index contributed by atoms with van der Waals surface area (Å²) in [5.41, 5.74) is -0.0668. The summed E-state index contributed by atoms with van der Waals surface area (Å²) in [6.07, 6.45) is 1.12. The topological polar surface area (TPSA) is 37.4 Å². The van der Waals surface area contributed by atoms with Crippen molar-refractivity contribution in [3.05, 3.63) is 29.3 Å². The van der Waals surface area contributed by atoms with E-state index in [9.17, 15) is 18.4 Å². The molecule has 0 heterocycles. The molecule has 0 aliphatic heterocycles. The van der Waals surface area contributed by atoms with Gasteiger partial charge in [-0.1, -0.05) is 0 Å². The van der Waals surface area contributed by atoms with E-state index in [1.165, 1.54) is 24.9 Å². The van der Waals surface area contributed by atoms with Gasteiger partial charge in [-0.25, -0.2) is 8.78 Å². The standard InChI is InChI=1S/C14H15F2NO2/c1-8-11(15)5-6-12(13(8)16)17(2)14(19)9-3-4-10(18)7-9/h5-6,9H,3-4,7H2,1-2H3/t9-/m1/s1. The lowest BCUT2D eigenvalue weighted by Gasteiger charge is -2.22.